The first-order valence-electron chi connectivity index (χ1n) is 10.6. The number of β-lactam (4-membered cyclic amide) rings is 1. The highest BCUT2D eigenvalue weighted by Gasteiger charge is 2.54. The van der Waals surface area contributed by atoms with Crippen LogP contribution in [-0.4, -0.2) is 84.9 Å². The molecule has 2 amide bonds. The second-order valence-corrected chi connectivity index (χ2v) is 10.1. The van der Waals surface area contributed by atoms with Gasteiger partial charge in [-0.3, -0.25) is 19.3 Å². The Bertz CT molecular complexity index is 1210. The first kappa shape index (κ1) is 25.4. The summed E-state index contributed by atoms with van der Waals surface area (Å²) in [6.07, 6.45) is 1.06. The number of esters is 1. The molecule has 4 rings (SSSR count). The monoisotopic (exact) mass is 539 g/mol. The number of oxime groups is 1. The number of nitrogens with zero attached hydrogens (tertiary/aromatic N) is 3. The molecule has 0 radical (unpaired) electrons. The number of aromatic nitrogens is 1. The molecule has 3 heterocycles. The molecule has 1 saturated carbocycles. The van der Waals surface area contributed by atoms with E-state index in [1.165, 1.54) is 24.1 Å². The summed E-state index contributed by atoms with van der Waals surface area (Å²) in [7, 11) is 0. The lowest BCUT2D eigenvalue weighted by molar-refractivity contribution is -0.178. The molecule has 1 saturated heterocycles. The number of amides is 2. The predicted octanol–water partition coefficient (Wildman–Crippen LogP) is -0.245. The molecule has 2 fully saturated rings. The van der Waals surface area contributed by atoms with Crippen LogP contribution in [0.3, 0.4) is 0 Å². The fraction of sp³-hybridized carbons (Fsp3) is 0.450. The molecule has 1 aromatic rings. The van der Waals surface area contributed by atoms with E-state index in [0.29, 0.717) is 6.42 Å². The second-order valence-electron chi connectivity index (χ2n) is 8.15. The Morgan fingerprint density at radius 3 is 2.58 bits per heavy atom. The zero-order valence-electron chi connectivity index (χ0n) is 18.8. The molecule has 5 N–H and O–H groups in total. The van der Waals surface area contributed by atoms with Gasteiger partial charge in [-0.05, 0) is 6.42 Å². The third kappa shape index (κ3) is 4.60. The smallest absolute Gasteiger partial charge is 0.352 e. The van der Waals surface area contributed by atoms with Gasteiger partial charge in [0.2, 0.25) is 5.60 Å². The van der Waals surface area contributed by atoms with E-state index < -0.39 is 46.7 Å². The van der Waals surface area contributed by atoms with E-state index >= 15 is 0 Å². The van der Waals surface area contributed by atoms with Crippen molar-refractivity contribution >= 4 is 63.7 Å². The lowest BCUT2D eigenvalue weighted by atomic mass is 9.80. The van der Waals surface area contributed by atoms with Gasteiger partial charge < -0.3 is 30.8 Å². The summed E-state index contributed by atoms with van der Waals surface area (Å²) in [5.41, 5.74) is 3.74. The molecule has 0 bridgehead atoms. The van der Waals surface area contributed by atoms with Crippen molar-refractivity contribution < 1.29 is 43.8 Å². The van der Waals surface area contributed by atoms with Crippen molar-refractivity contribution in [2.45, 2.75) is 43.2 Å². The number of rotatable bonds is 9. The van der Waals surface area contributed by atoms with Gasteiger partial charge in [0.05, 0.1) is 0 Å². The third-order valence-electron chi connectivity index (χ3n) is 5.83. The number of hydrogen-bond acceptors (Lipinski definition) is 12. The molecule has 3 aliphatic rings. The van der Waals surface area contributed by atoms with Crippen molar-refractivity contribution in [3.05, 3.63) is 22.3 Å². The highest BCUT2D eigenvalue weighted by atomic mass is 32.2. The Kier molecular flexibility index (Phi) is 6.90. The number of ether oxygens (including phenoxy) is 1. The number of thiazole rings is 1. The van der Waals surface area contributed by atoms with Crippen LogP contribution in [-0.2, 0) is 33.5 Å². The fourth-order valence-corrected chi connectivity index (χ4v) is 5.64. The van der Waals surface area contributed by atoms with Crippen molar-refractivity contribution in [1.29, 1.82) is 0 Å². The molecule has 0 unspecified atom stereocenters. The molecule has 2 atom stereocenters. The maximum absolute atomic E-state index is 13.1. The molecule has 16 heteroatoms. The average Bonchev–Trinajstić information content (AvgIpc) is 3.22. The van der Waals surface area contributed by atoms with E-state index in [1.54, 1.807) is 0 Å². The Hall–Kier alpha value is -3.66. The van der Waals surface area contributed by atoms with Gasteiger partial charge in [0.15, 0.2) is 10.8 Å². The van der Waals surface area contributed by atoms with Crippen LogP contribution in [0.15, 0.2) is 21.8 Å². The minimum atomic E-state index is -1.55. The van der Waals surface area contributed by atoms with Gasteiger partial charge in [-0.25, -0.2) is 14.6 Å². The van der Waals surface area contributed by atoms with Gasteiger partial charge in [0.25, 0.3) is 11.8 Å². The maximum atomic E-state index is 13.1. The summed E-state index contributed by atoms with van der Waals surface area (Å²) < 4.78 is 4.89. The standard InChI is InChI=1S/C20H21N5O9S2/c1-8(26)33-5-9-6-35-16-12(15(28)25(16)13(9)17(29)30)23-14(27)11(10-7-36-19(21)22-10)24-34-20(18(31)32)3-2-4-20/h7,12,16H,2-6H2,1H3,(H2,21,22)(H,23,27)(H,29,30)(H,31,32)/b24-11-/t12-,16-/m1/s1. The van der Waals surface area contributed by atoms with Crippen LogP contribution in [0.1, 0.15) is 31.9 Å². The van der Waals surface area contributed by atoms with E-state index in [9.17, 15) is 34.2 Å². The minimum Gasteiger partial charge on any atom is -0.478 e. The zero-order chi connectivity index (χ0) is 26.2. The van der Waals surface area contributed by atoms with Gasteiger partial charge in [0.1, 0.15) is 29.4 Å². The second kappa shape index (κ2) is 9.77. The molecule has 2 aliphatic heterocycles. The number of carboxylic acid groups (broad SMARTS) is 2. The van der Waals surface area contributed by atoms with Gasteiger partial charge >= 0.3 is 17.9 Å². The summed E-state index contributed by atoms with van der Waals surface area (Å²) in [6.45, 7) is 0.907. The summed E-state index contributed by atoms with van der Waals surface area (Å²) in [5.74, 6) is -4.57. The van der Waals surface area contributed by atoms with Gasteiger partial charge in [0, 0.05) is 36.5 Å². The van der Waals surface area contributed by atoms with E-state index in [1.807, 2.05) is 0 Å². The van der Waals surface area contributed by atoms with Crippen molar-refractivity contribution in [1.82, 2.24) is 15.2 Å². The molecule has 14 nitrogen and oxygen atoms in total. The number of aliphatic carboxylic acids is 2. The van der Waals surface area contributed by atoms with Crippen molar-refractivity contribution in [2.75, 3.05) is 18.1 Å². The van der Waals surface area contributed by atoms with Crippen LogP contribution in [0.5, 0.6) is 0 Å². The first-order valence-corrected chi connectivity index (χ1v) is 12.5. The lowest BCUT2D eigenvalue weighted by Gasteiger charge is -2.49. The molecule has 1 aliphatic carbocycles. The zero-order valence-corrected chi connectivity index (χ0v) is 20.4. The Morgan fingerprint density at radius 1 is 1.33 bits per heavy atom. The average molecular weight is 540 g/mol. The quantitative estimate of drug-likeness (QED) is 0.139. The number of hydrogen-bond donors (Lipinski definition) is 4. The SMILES string of the molecule is CC(=O)OCC1=C(C(=O)O)N2C(=O)[C@@H](NC(=O)/C(=N\OC3(C(=O)O)CCC3)c3csc(N)n3)[C@H]2SC1. The summed E-state index contributed by atoms with van der Waals surface area (Å²) in [5, 5.41) is 26.3. The van der Waals surface area contributed by atoms with E-state index in [-0.39, 0.29) is 53.0 Å². The number of carbonyl (C=O) groups excluding carboxylic acids is 3. The summed E-state index contributed by atoms with van der Waals surface area (Å²) in [6, 6.07) is -1.09. The number of fused-ring (bicyclic) bond motifs is 1. The van der Waals surface area contributed by atoms with Crippen LogP contribution in [0.2, 0.25) is 0 Å². The van der Waals surface area contributed by atoms with E-state index in [4.69, 9.17) is 15.3 Å². The van der Waals surface area contributed by atoms with Crippen LogP contribution in [0, 0.1) is 0 Å². The molecule has 192 valence electrons. The van der Waals surface area contributed by atoms with Gasteiger partial charge in [-0.15, -0.1) is 23.1 Å². The van der Waals surface area contributed by atoms with E-state index in [0.717, 1.165) is 16.2 Å². The maximum Gasteiger partial charge on any atom is 0.352 e. The van der Waals surface area contributed by atoms with Crippen molar-refractivity contribution in [2.24, 2.45) is 5.16 Å². The van der Waals surface area contributed by atoms with Gasteiger partial charge in [-0.1, -0.05) is 5.16 Å². The predicted molar refractivity (Wildman–Crippen MR) is 125 cm³/mol. The molecule has 1 aromatic heterocycles. The number of nitrogen functional groups attached to an aromatic ring is 1. The topological polar surface area (TPSA) is 211 Å². The number of carboxylic acids is 2. The molecule has 0 aromatic carbocycles. The molecular weight excluding hydrogens is 518 g/mol. The molecule has 36 heavy (non-hydrogen) atoms. The molecular formula is C20H21N5O9S2. The third-order valence-corrected chi connectivity index (χ3v) is 7.84. The number of thioether (sulfide) groups is 1. The van der Waals surface area contributed by atoms with Crippen LogP contribution in [0.25, 0.3) is 0 Å². The lowest BCUT2D eigenvalue weighted by Crippen LogP contribution is -2.71. The fourth-order valence-electron chi connectivity index (χ4n) is 3.77. The van der Waals surface area contributed by atoms with Crippen LogP contribution in [0.4, 0.5) is 5.13 Å². The molecule has 0 spiro atoms. The summed E-state index contributed by atoms with van der Waals surface area (Å²) in [4.78, 5) is 70.9. The number of anilines is 1. The van der Waals surface area contributed by atoms with Gasteiger partial charge in [-0.2, -0.15) is 0 Å². The largest absolute Gasteiger partial charge is 0.478 e. The normalized spacial score (nSPS) is 22.6. The van der Waals surface area contributed by atoms with Crippen LogP contribution < -0.4 is 11.1 Å². The van der Waals surface area contributed by atoms with Crippen molar-refractivity contribution in [3.63, 3.8) is 0 Å². The van der Waals surface area contributed by atoms with Crippen molar-refractivity contribution in [3.8, 4) is 0 Å². The number of nitrogens with one attached hydrogen (secondary N) is 1. The first-order chi connectivity index (χ1) is 17.0. The highest BCUT2D eigenvalue weighted by molar-refractivity contribution is 8.00. The number of nitrogens with two attached hydrogens (primary N) is 1. The summed E-state index contributed by atoms with van der Waals surface area (Å²) >= 11 is 2.21. The minimum absolute atomic E-state index is 0.0320. The Labute approximate surface area is 211 Å². The highest BCUT2D eigenvalue weighted by Crippen LogP contribution is 2.40. The Morgan fingerprint density at radius 2 is 2.06 bits per heavy atom. The van der Waals surface area contributed by atoms with Crippen LogP contribution >= 0.6 is 23.1 Å². The number of carbonyl (C=O) groups is 5. The van der Waals surface area contributed by atoms with E-state index in [2.05, 4.69) is 15.5 Å². The Balaban J connectivity index is 1.54.